The highest BCUT2D eigenvalue weighted by Gasteiger charge is 2.51. The fraction of sp³-hybridized carbons (Fsp3) is 0.571. The Labute approximate surface area is 345 Å². The smallest absolute Gasteiger partial charge is 0.407 e. The molecule has 3 aliphatic rings. The van der Waals surface area contributed by atoms with Crippen LogP contribution in [0.5, 0.6) is 0 Å². The van der Waals surface area contributed by atoms with Crippen LogP contribution in [0.4, 0.5) is 0 Å². The minimum absolute atomic E-state index is 0.0823. The van der Waals surface area contributed by atoms with E-state index in [2.05, 4.69) is 41.5 Å². The molecule has 9 nitrogen and oxygen atoms in total. The van der Waals surface area contributed by atoms with Gasteiger partial charge in [0, 0.05) is 41.0 Å². The van der Waals surface area contributed by atoms with Gasteiger partial charge < -0.3 is 41.6 Å². The molecule has 312 valence electrons. The van der Waals surface area contributed by atoms with Crippen molar-refractivity contribution in [3.63, 3.8) is 0 Å². The first-order chi connectivity index (χ1) is 25.8. The lowest BCUT2D eigenvalue weighted by Gasteiger charge is -2.44. The fourth-order valence-electron chi connectivity index (χ4n) is 6.68. The van der Waals surface area contributed by atoms with E-state index >= 15 is 0 Å². The summed E-state index contributed by atoms with van der Waals surface area (Å²) >= 11 is 0. The second-order valence-corrected chi connectivity index (χ2v) is 29.5. The minimum Gasteiger partial charge on any atom is -0.407 e. The highest BCUT2D eigenvalue weighted by molar-refractivity contribution is 7.70. The van der Waals surface area contributed by atoms with E-state index in [1.54, 1.807) is 40.0 Å². The van der Waals surface area contributed by atoms with Gasteiger partial charge in [0.25, 0.3) is 0 Å². The number of rotatable bonds is 6. The van der Waals surface area contributed by atoms with E-state index in [0.29, 0.717) is 13.2 Å². The van der Waals surface area contributed by atoms with E-state index in [1.807, 2.05) is 100 Å². The second-order valence-electron chi connectivity index (χ2n) is 19.8. The van der Waals surface area contributed by atoms with Crippen molar-refractivity contribution in [3.8, 4) is 0 Å². The third-order valence-corrected chi connectivity index (χ3v) is 15.2. The zero-order valence-electron chi connectivity index (χ0n) is 37.3. The Morgan fingerprint density at radius 3 is 0.965 bits per heavy atom. The Kier molecular flexibility index (Phi) is 14.6. The van der Waals surface area contributed by atoms with Crippen molar-refractivity contribution in [3.05, 3.63) is 72.8 Å². The summed E-state index contributed by atoms with van der Waals surface area (Å²) in [5.41, 5.74) is 1.93. The largest absolute Gasteiger partial charge is 0.494 e. The monoisotopic (exact) mass is 840 g/mol. The lowest BCUT2D eigenvalue weighted by Crippen LogP contribution is -2.56. The molecule has 3 heterocycles. The van der Waals surface area contributed by atoms with Gasteiger partial charge in [-0.05, 0) is 112 Å². The number of hydrogen-bond acceptors (Lipinski definition) is 9. The summed E-state index contributed by atoms with van der Waals surface area (Å²) in [7, 11) is -7.60. The molecule has 0 saturated carbocycles. The molecule has 57 heavy (non-hydrogen) atoms. The predicted octanol–water partition coefficient (Wildman–Crippen LogP) is 6.56. The van der Waals surface area contributed by atoms with Gasteiger partial charge in [0.15, 0.2) is 0 Å². The zero-order chi connectivity index (χ0) is 43.0. The quantitative estimate of drug-likeness (QED) is 0.202. The van der Waals surface area contributed by atoms with Gasteiger partial charge in [0.1, 0.15) is 21.4 Å². The highest BCUT2D eigenvalue weighted by Crippen LogP contribution is 2.38. The summed E-state index contributed by atoms with van der Waals surface area (Å²) in [5, 5.41) is 2.66. The van der Waals surface area contributed by atoms with E-state index in [4.69, 9.17) is 27.9 Å². The molecule has 0 aliphatic carbocycles. The number of hydrogen-bond donors (Lipinski definition) is 0. The van der Waals surface area contributed by atoms with Crippen LogP contribution in [0.3, 0.4) is 0 Å². The van der Waals surface area contributed by atoms with Gasteiger partial charge in [0.2, 0.25) is 0 Å². The molecule has 3 aromatic carbocycles. The van der Waals surface area contributed by atoms with E-state index < -0.39 is 21.4 Å². The summed E-state index contributed by atoms with van der Waals surface area (Å²) in [4.78, 5) is 0. The van der Waals surface area contributed by atoms with E-state index in [0.717, 1.165) is 38.7 Å². The van der Waals surface area contributed by atoms with Gasteiger partial charge in [-0.25, -0.2) is 0 Å². The topological polar surface area (TPSA) is 107 Å². The molecule has 3 aromatic rings. The van der Waals surface area contributed by atoms with E-state index in [1.165, 1.54) is 0 Å². The third-order valence-electron chi connectivity index (χ3n) is 10.6. The Bertz CT molecular complexity index is 1920. The van der Waals surface area contributed by atoms with Crippen molar-refractivity contribution in [2.24, 2.45) is 5.41 Å². The first kappa shape index (κ1) is 48.0. The Morgan fingerprint density at radius 2 is 0.684 bits per heavy atom. The lowest BCUT2D eigenvalue weighted by atomic mass is 9.73. The maximum absolute atomic E-state index is 12.0. The van der Waals surface area contributed by atoms with Crippen LogP contribution in [-0.2, 0) is 41.6 Å². The molecule has 0 unspecified atom stereocenters. The molecule has 0 bridgehead atoms. The van der Waals surface area contributed by atoms with Gasteiger partial charge in [-0.15, -0.1) is 0 Å². The maximum Gasteiger partial charge on any atom is 0.494 e. The zero-order valence-corrected chi connectivity index (χ0v) is 40.0. The molecule has 3 saturated heterocycles. The van der Waals surface area contributed by atoms with E-state index in [9.17, 15) is 13.7 Å². The second kappa shape index (κ2) is 17.4. The molecule has 0 amide bonds. The van der Waals surface area contributed by atoms with Crippen LogP contribution in [-0.4, -0.2) is 97.0 Å². The van der Waals surface area contributed by atoms with Gasteiger partial charge >= 0.3 is 21.4 Å². The molecular weight excluding hydrogens is 774 g/mol. The van der Waals surface area contributed by atoms with Crippen molar-refractivity contribution in [2.45, 2.75) is 98.1 Å². The minimum atomic E-state index is -2.21. The van der Waals surface area contributed by atoms with Crippen LogP contribution in [0.25, 0.3) is 0 Å². The van der Waals surface area contributed by atoms with Crippen LogP contribution in [0.2, 0.25) is 0 Å². The molecule has 0 atom stereocenters. The molecule has 3 fully saturated rings. The van der Waals surface area contributed by atoms with Crippen LogP contribution in [0.15, 0.2) is 72.8 Å². The average molecular weight is 840 g/mol. The van der Waals surface area contributed by atoms with Crippen molar-refractivity contribution in [1.82, 2.24) is 0 Å². The summed E-state index contributed by atoms with van der Waals surface area (Å²) in [6.45, 7) is 32.8. The van der Waals surface area contributed by atoms with Gasteiger partial charge in [0.05, 0.1) is 22.4 Å². The normalized spacial score (nSPS) is 21.2. The van der Waals surface area contributed by atoms with Crippen molar-refractivity contribution >= 4 is 75.1 Å². The average Bonchev–Trinajstić information content (AvgIpc) is 3.29. The Morgan fingerprint density at radius 1 is 0.421 bits per heavy atom. The summed E-state index contributed by atoms with van der Waals surface area (Å²) in [6.07, 6.45) is 0.855. The summed E-state index contributed by atoms with van der Waals surface area (Å²) < 4.78 is 71.4. The van der Waals surface area contributed by atoms with Gasteiger partial charge in [-0.1, -0.05) is 86.6 Å². The highest BCUT2D eigenvalue weighted by atomic mass is 31.2. The molecule has 15 heteroatoms. The van der Waals surface area contributed by atoms with Crippen LogP contribution in [0.1, 0.15) is 75.7 Å². The van der Waals surface area contributed by atoms with E-state index in [-0.39, 0.29) is 49.2 Å². The van der Waals surface area contributed by atoms with Crippen LogP contribution < -0.4 is 32.3 Å². The standard InChI is InChI=1S/C15H24BO3P.C14H22BO3P.C13H20BO3P/c1-14(2)11-15(3,4)19-16(18-14)12-7-9-13(10-8-12)20(5,6)17;1-13(2)14(3,4)18-15(17-13)11-7-9-12(10-8-11)19(5,6)16;1-13(2)9-16-14(17-10-13)11-5-7-12(8-6-11)18(3,4)15/h7-10H,11H2,1-6H3;7-10H,1-6H3;5-8H,9-10H2,1-4H3. The molecule has 0 aromatic heterocycles. The van der Waals surface area contributed by atoms with Crippen molar-refractivity contribution in [1.29, 1.82) is 0 Å². The molecule has 0 N–H and O–H groups in total. The summed E-state index contributed by atoms with van der Waals surface area (Å²) in [6, 6.07) is 23.1. The number of benzene rings is 3. The third kappa shape index (κ3) is 13.4. The maximum atomic E-state index is 12.0. The van der Waals surface area contributed by atoms with Crippen LogP contribution in [0, 0.1) is 5.41 Å². The summed E-state index contributed by atoms with van der Waals surface area (Å²) in [5.74, 6) is 0. The molecule has 3 aliphatic heterocycles. The molecular formula is C42H66B3O9P3. The lowest BCUT2D eigenvalue weighted by molar-refractivity contribution is -0.0716. The van der Waals surface area contributed by atoms with Crippen molar-refractivity contribution < 1.29 is 41.6 Å². The predicted molar refractivity (Wildman–Crippen MR) is 244 cm³/mol. The van der Waals surface area contributed by atoms with Gasteiger partial charge in [-0.3, -0.25) is 0 Å². The van der Waals surface area contributed by atoms with Crippen molar-refractivity contribution in [2.75, 3.05) is 53.2 Å². The molecule has 0 spiro atoms. The first-order valence-electron chi connectivity index (χ1n) is 19.7. The Balaban J connectivity index is 0.000000190. The SMILES string of the molecule is CC1(C)CC(C)(C)OB(c2ccc(P(C)(C)=O)cc2)O1.CC1(C)COB(c2ccc(P(C)(C)=O)cc2)OC1.CC1(C)OB(c2ccc(P(C)(C)=O)cc2)OC1(C)C. The molecule has 6 rings (SSSR count). The van der Waals surface area contributed by atoms with Crippen LogP contribution >= 0.6 is 21.4 Å². The first-order valence-corrected chi connectivity index (χ1v) is 27.5. The Hall–Kier alpha value is -1.70. The molecule has 0 radical (unpaired) electrons. The fourth-order valence-corrected chi connectivity index (χ4v) is 9.28. The van der Waals surface area contributed by atoms with Gasteiger partial charge in [-0.2, -0.15) is 0 Å².